The molecule has 1 saturated heterocycles. The van der Waals surface area contributed by atoms with Crippen molar-refractivity contribution in [1.29, 1.82) is 0 Å². The Bertz CT molecular complexity index is 2420. The first-order valence-electron chi connectivity index (χ1n) is 22.0. The van der Waals surface area contributed by atoms with Gasteiger partial charge in [0.25, 0.3) is 0 Å². The lowest BCUT2D eigenvalue weighted by atomic mass is 9.68. The molecular weight excluding hydrogens is 825 g/mol. The monoisotopic (exact) mass is 877 g/mol. The van der Waals surface area contributed by atoms with Crippen LogP contribution >= 0.6 is 0 Å². The number of hydrogen-bond donors (Lipinski definition) is 2. The van der Waals surface area contributed by atoms with Gasteiger partial charge in [0.05, 0.1) is 48.7 Å². The Morgan fingerprint density at radius 2 is 1.63 bits per heavy atom. The van der Waals surface area contributed by atoms with Crippen LogP contribution in [-0.2, 0) is 22.1 Å². The van der Waals surface area contributed by atoms with Crippen LogP contribution < -0.4 is 9.64 Å². The van der Waals surface area contributed by atoms with Gasteiger partial charge >= 0.3 is 12.1 Å². The molecule has 3 aromatic heterocycles. The summed E-state index contributed by atoms with van der Waals surface area (Å²) in [6.45, 7) is 7.74. The molecule has 15 heteroatoms. The van der Waals surface area contributed by atoms with Gasteiger partial charge in [0.2, 0.25) is 11.9 Å². The normalized spacial score (nSPS) is 19.3. The van der Waals surface area contributed by atoms with Crippen LogP contribution in [0.1, 0.15) is 131 Å². The van der Waals surface area contributed by atoms with E-state index in [1.54, 1.807) is 31.5 Å². The third kappa shape index (κ3) is 9.54. The molecule has 5 aromatic rings. The largest absolute Gasteiger partial charge is 0.490 e. The number of unbranched alkanes of at least 4 members (excludes halogenated alkanes) is 1. The minimum Gasteiger partial charge on any atom is -0.490 e. The number of nitrogens with zero attached hydrogens (tertiary/aromatic N) is 4. The number of carbonyl (C=O) groups is 1. The minimum absolute atomic E-state index is 0.152. The van der Waals surface area contributed by atoms with Crippen LogP contribution in [0.25, 0.3) is 33.3 Å². The number of aliphatic hydroxyl groups excluding tert-OH is 1. The predicted molar refractivity (Wildman–Crippen MR) is 227 cm³/mol. The quantitative estimate of drug-likeness (QED) is 0.0724. The van der Waals surface area contributed by atoms with Gasteiger partial charge in [-0.15, -0.1) is 0 Å². The Morgan fingerprint density at radius 1 is 0.937 bits per heavy atom. The zero-order valence-electron chi connectivity index (χ0n) is 35.8. The van der Waals surface area contributed by atoms with E-state index in [1.807, 2.05) is 0 Å². The molecule has 0 spiro atoms. The number of fused-ring (bicyclic) bond motifs is 2. The highest BCUT2D eigenvalue weighted by molar-refractivity contribution is 6.05. The lowest BCUT2D eigenvalue weighted by Crippen LogP contribution is -2.35. The number of anilines is 1. The molecule has 2 N–H and O–H groups in total. The summed E-state index contributed by atoms with van der Waals surface area (Å²) in [5.74, 6) is -3.19. The van der Waals surface area contributed by atoms with E-state index in [-0.39, 0.29) is 48.4 Å². The summed E-state index contributed by atoms with van der Waals surface area (Å²) in [5, 5.41) is 12.2. The zero-order chi connectivity index (χ0) is 44.7. The van der Waals surface area contributed by atoms with Crippen LogP contribution in [0.3, 0.4) is 0 Å². The number of halogens is 6. The summed E-state index contributed by atoms with van der Waals surface area (Å²) in [7, 11) is 0. The number of aromatic amines is 1. The fraction of sp³-hybridized carbons (Fsp3) is 0.500. The van der Waals surface area contributed by atoms with Crippen molar-refractivity contribution >= 4 is 22.8 Å². The van der Waals surface area contributed by atoms with Crippen LogP contribution in [0, 0.1) is 11.2 Å². The van der Waals surface area contributed by atoms with Crippen LogP contribution in [0.2, 0.25) is 0 Å². The number of alkyl halides is 5. The van der Waals surface area contributed by atoms with Gasteiger partial charge in [-0.2, -0.15) is 13.2 Å². The number of benzene rings is 2. The van der Waals surface area contributed by atoms with E-state index in [9.17, 15) is 31.9 Å². The molecule has 63 heavy (non-hydrogen) atoms. The first-order valence-corrected chi connectivity index (χ1v) is 22.0. The van der Waals surface area contributed by atoms with Crippen molar-refractivity contribution in [3.05, 3.63) is 88.8 Å². The Kier molecular flexibility index (Phi) is 12.5. The van der Waals surface area contributed by atoms with Crippen molar-refractivity contribution in [2.24, 2.45) is 5.41 Å². The van der Waals surface area contributed by atoms with Crippen LogP contribution in [-0.4, -0.2) is 63.2 Å². The van der Waals surface area contributed by atoms with E-state index < -0.39 is 35.5 Å². The van der Waals surface area contributed by atoms with Gasteiger partial charge in [-0.25, -0.2) is 23.1 Å². The van der Waals surface area contributed by atoms with Gasteiger partial charge in [-0.1, -0.05) is 32.0 Å². The Morgan fingerprint density at radius 3 is 2.30 bits per heavy atom. The summed E-state index contributed by atoms with van der Waals surface area (Å²) in [6.07, 6.45) is 1.10. The van der Waals surface area contributed by atoms with E-state index >= 15 is 4.39 Å². The number of nitrogens with one attached hydrogen (secondary N) is 1. The van der Waals surface area contributed by atoms with Crippen LogP contribution in [0.5, 0.6) is 5.75 Å². The Hall–Kier alpha value is -5.18. The molecule has 2 aromatic carbocycles. The van der Waals surface area contributed by atoms with Gasteiger partial charge < -0.3 is 24.5 Å². The molecule has 336 valence electrons. The first-order chi connectivity index (χ1) is 30.0. The molecule has 8 rings (SSSR count). The van der Waals surface area contributed by atoms with E-state index in [0.29, 0.717) is 128 Å². The Balaban J connectivity index is 1.19. The average molecular weight is 878 g/mol. The SMILES string of the molecule is CCOC(=O)CCCCOc1cnc(N2CCC(c3nc4c(c(C5CCC(F)(F)CC5)c3-c3[nH]c5cccc(F)c5c3-c3ccc(C(F)(F)F)cc3)C(O)CC(C)(C)C4)CC2)nc1. The van der Waals surface area contributed by atoms with Crippen molar-refractivity contribution in [2.75, 3.05) is 31.2 Å². The highest BCUT2D eigenvalue weighted by atomic mass is 19.4. The van der Waals surface area contributed by atoms with Crippen molar-refractivity contribution in [1.82, 2.24) is 19.9 Å². The highest BCUT2D eigenvalue weighted by Crippen LogP contribution is 2.54. The second kappa shape index (κ2) is 17.8. The van der Waals surface area contributed by atoms with Gasteiger partial charge in [-0.3, -0.25) is 9.78 Å². The molecule has 9 nitrogen and oxygen atoms in total. The number of ether oxygens (including phenoxy) is 2. The number of carbonyl (C=O) groups excluding carboxylic acids is 1. The minimum atomic E-state index is -4.59. The van der Waals surface area contributed by atoms with Crippen LogP contribution in [0.4, 0.5) is 32.3 Å². The molecule has 1 saturated carbocycles. The van der Waals surface area contributed by atoms with Crippen molar-refractivity contribution in [3.63, 3.8) is 0 Å². The summed E-state index contributed by atoms with van der Waals surface area (Å²) < 4.78 is 98.2. The smallest absolute Gasteiger partial charge is 0.416 e. The second-order valence-corrected chi connectivity index (χ2v) is 18.0. The molecule has 2 aliphatic carbocycles. The molecular formula is C48H53F6N5O4. The van der Waals surface area contributed by atoms with E-state index in [2.05, 4.69) is 33.7 Å². The zero-order valence-corrected chi connectivity index (χ0v) is 35.8. The molecule has 3 aliphatic rings. The number of aromatic nitrogens is 4. The highest BCUT2D eigenvalue weighted by Gasteiger charge is 2.43. The molecule has 0 bridgehead atoms. The van der Waals surface area contributed by atoms with Gasteiger partial charge in [0.1, 0.15) is 5.82 Å². The number of pyridine rings is 1. The second-order valence-electron chi connectivity index (χ2n) is 18.0. The van der Waals surface area contributed by atoms with Crippen molar-refractivity contribution < 1.29 is 45.7 Å². The lowest BCUT2D eigenvalue weighted by Gasteiger charge is -2.40. The maximum atomic E-state index is 16.1. The van der Waals surface area contributed by atoms with Gasteiger partial charge in [-0.05, 0) is 105 Å². The van der Waals surface area contributed by atoms with E-state index in [1.165, 1.54) is 18.2 Å². The lowest BCUT2D eigenvalue weighted by molar-refractivity contribution is -0.143. The standard InChI is InChI=1S/C48H53F6N5O4/c1-4-62-37(61)10-5-6-23-63-32-26-55-45(56-27-32)59-21-17-30(18-22-59)43-42(38(29-15-19-47(50,51)20-16-29)41-35(58-43)24-46(2,3)25-36(41)60)44-39(40-33(49)8-7-9-34(40)57-44)28-11-13-31(14-12-28)48(52,53)54/h7-9,11-14,26-27,29-30,36,57,60H,4-6,10,15-25H2,1-3H3. The number of esters is 1. The van der Waals surface area contributed by atoms with Gasteiger partial charge in [0.15, 0.2) is 5.75 Å². The van der Waals surface area contributed by atoms with Crippen LogP contribution in [0.15, 0.2) is 54.9 Å². The predicted octanol–water partition coefficient (Wildman–Crippen LogP) is 11.6. The molecule has 0 amide bonds. The molecule has 1 unspecified atom stereocenters. The third-order valence-corrected chi connectivity index (χ3v) is 12.9. The topological polar surface area (TPSA) is 113 Å². The number of H-pyrrole nitrogens is 1. The first kappa shape index (κ1) is 44.4. The summed E-state index contributed by atoms with van der Waals surface area (Å²) >= 11 is 0. The summed E-state index contributed by atoms with van der Waals surface area (Å²) in [5.41, 5.74) is 3.73. The van der Waals surface area contributed by atoms with E-state index in [4.69, 9.17) is 14.5 Å². The Labute approximate surface area is 362 Å². The summed E-state index contributed by atoms with van der Waals surface area (Å²) in [6, 6.07) is 9.21. The molecule has 2 fully saturated rings. The fourth-order valence-electron chi connectivity index (χ4n) is 9.86. The van der Waals surface area contributed by atoms with Crippen molar-refractivity contribution in [3.8, 4) is 28.1 Å². The van der Waals surface area contributed by atoms with E-state index in [0.717, 1.165) is 17.7 Å². The summed E-state index contributed by atoms with van der Waals surface area (Å²) in [4.78, 5) is 31.7. The van der Waals surface area contributed by atoms with Gasteiger partial charge in [0, 0.05) is 71.6 Å². The number of rotatable bonds is 12. The number of hydrogen-bond acceptors (Lipinski definition) is 8. The molecule has 1 atom stereocenters. The fourth-order valence-corrected chi connectivity index (χ4v) is 9.86. The number of piperidine rings is 1. The third-order valence-electron chi connectivity index (χ3n) is 12.9. The van der Waals surface area contributed by atoms with Crippen molar-refractivity contribution in [2.45, 2.75) is 121 Å². The average Bonchev–Trinajstić information content (AvgIpc) is 3.63. The maximum Gasteiger partial charge on any atom is 0.416 e. The maximum absolute atomic E-state index is 16.1. The molecule has 0 radical (unpaired) electrons. The molecule has 4 heterocycles. The molecule has 1 aliphatic heterocycles. The number of aliphatic hydroxyl groups is 1.